The zero-order valence-corrected chi connectivity index (χ0v) is 13.4. The fourth-order valence-corrected chi connectivity index (χ4v) is 2.81. The number of hydrogen-bond acceptors (Lipinski definition) is 5. The van der Waals surface area contributed by atoms with Gasteiger partial charge in [0.05, 0.1) is 0 Å². The van der Waals surface area contributed by atoms with Gasteiger partial charge in [-0.05, 0) is 48.2 Å². The monoisotopic (exact) mass is 335 g/mol. The Labute approximate surface area is 138 Å². The second-order valence-corrected chi connectivity index (χ2v) is 6.12. The Morgan fingerprint density at radius 3 is 2.87 bits per heavy atom. The lowest BCUT2D eigenvalue weighted by Crippen LogP contribution is -2.42. The number of hydrogen-bond donors (Lipinski definition) is 1. The smallest absolute Gasteiger partial charge is 0.246 e. The van der Waals surface area contributed by atoms with Crippen LogP contribution in [0.5, 0.6) is 0 Å². The van der Waals surface area contributed by atoms with Gasteiger partial charge in [0.25, 0.3) is 0 Å². The third kappa shape index (κ3) is 3.86. The molecule has 8 heteroatoms. The Balaban J connectivity index is 1.64. The number of carbonyl (C=O) groups excluding carboxylic acids is 1. The van der Waals surface area contributed by atoms with Crippen LogP contribution >= 0.6 is 11.6 Å². The van der Waals surface area contributed by atoms with Gasteiger partial charge >= 0.3 is 0 Å². The molecule has 1 unspecified atom stereocenters. The second kappa shape index (κ2) is 7.06. The average molecular weight is 336 g/mol. The molecule has 3 rings (SSSR count). The molecule has 1 atom stereocenters. The Hall–Kier alpha value is -1.99. The minimum absolute atomic E-state index is 0.0526. The van der Waals surface area contributed by atoms with Gasteiger partial charge in [-0.3, -0.25) is 4.79 Å². The number of nitrogens with zero attached hydrogens (tertiary/aromatic N) is 5. The molecule has 0 aliphatic carbocycles. The van der Waals surface area contributed by atoms with Crippen LogP contribution in [0.3, 0.4) is 0 Å². The highest BCUT2D eigenvalue weighted by molar-refractivity contribution is 6.30. The van der Waals surface area contributed by atoms with Gasteiger partial charge in [-0.2, -0.15) is 4.80 Å². The quantitative estimate of drug-likeness (QED) is 0.908. The summed E-state index contributed by atoms with van der Waals surface area (Å²) in [6.45, 7) is 1.48. The summed E-state index contributed by atoms with van der Waals surface area (Å²) in [4.78, 5) is 15.4. The summed E-state index contributed by atoms with van der Waals surface area (Å²) in [5.74, 6) is 0.575. The van der Waals surface area contributed by atoms with Gasteiger partial charge in [0.2, 0.25) is 11.7 Å². The zero-order chi connectivity index (χ0) is 16.2. The number of rotatable bonds is 4. The molecule has 23 heavy (non-hydrogen) atoms. The number of likely N-dealkylation sites (tertiary alicyclic amines) is 1. The lowest BCUT2D eigenvalue weighted by Gasteiger charge is -2.31. The van der Waals surface area contributed by atoms with Crippen LogP contribution < -0.4 is 0 Å². The maximum atomic E-state index is 12.3. The van der Waals surface area contributed by atoms with Crippen molar-refractivity contribution in [3.05, 3.63) is 29.3 Å². The van der Waals surface area contributed by atoms with Crippen molar-refractivity contribution < 1.29 is 9.90 Å². The minimum Gasteiger partial charge on any atom is -0.396 e. The van der Waals surface area contributed by atoms with Crippen LogP contribution in [-0.2, 0) is 11.3 Å². The van der Waals surface area contributed by atoms with Gasteiger partial charge in [-0.15, -0.1) is 10.2 Å². The Kier molecular flexibility index (Phi) is 4.88. The fraction of sp³-hybridized carbons (Fsp3) is 0.467. The third-order valence-electron chi connectivity index (χ3n) is 3.96. The van der Waals surface area contributed by atoms with E-state index < -0.39 is 0 Å². The normalized spacial score (nSPS) is 18.2. The summed E-state index contributed by atoms with van der Waals surface area (Å²) in [7, 11) is 0. The Morgan fingerprint density at radius 2 is 2.13 bits per heavy atom. The van der Waals surface area contributed by atoms with Crippen molar-refractivity contribution in [2.75, 3.05) is 19.7 Å². The lowest BCUT2D eigenvalue weighted by molar-refractivity contribution is -0.134. The second-order valence-electron chi connectivity index (χ2n) is 5.68. The highest BCUT2D eigenvalue weighted by Crippen LogP contribution is 2.18. The van der Waals surface area contributed by atoms with Crippen molar-refractivity contribution in [3.8, 4) is 11.4 Å². The van der Waals surface area contributed by atoms with Gasteiger partial charge in [0.1, 0.15) is 6.54 Å². The van der Waals surface area contributed by atoms with E-state index in [9.17, 15) is 9.90 Å². The summed E-state index contributed by atoms with van der Waals surface area (Å²) in [5, 5.41) is 22.0. The van der Waals surface area contributed by atoms with E-state index in [-0.39, 0.29) is 25.0 Å². The van der Waals surface area contributed by atoms with E-state index in [2.05, 4.69) is 15.4 Å². The number of tetrazole rings is 1. The molecule has 0 radical (unpaired) electrons. The molecule has 1 saturated heterocycles. The van der Waals surface area contributed by atoms with Crippen LogP contribution in [0.2, 0.25) is 5.02 Å². The van der Waals surface area contributed by atoms with E-state index in [1.54, 1.807) is 17.0 Å². The first kappa shape index (κ1) is 15.9. The molecular formula is C15H18ClN5O2. The van der Waals surface area contributed by atoms with E-state index >= 15 is 0 Å². The van der Waals surface area contributed by atoms with Crippen LogP contribution in [0, 0.1) is 5.92 Å². The molecule has 0 spiro atoms. The van der Waals surface area contributed by atoms with Crippen LogP contribution in [0.1, 0.15) is 12.8 Å². The van der Waals surface area contributed by atoms with E-state index in [0.29, 0.717) is 23.9 Å². The largest absolute Gasteiger partial charge is 0.396 e. The topological polar surface area (TPSA) is 84.1 Å². The molecule has 1 N–H and O–H groups in total. The number of aliphatic hydroxyl groups excluding tert-OH is 1. The van der Waals surface area contributed by atoms with Crippen molar-refractivity contribution in [3.63, 3.8) is 0 Å². The van der Waals surface area contributed by atoms with Gasteiger partial charge in [0.15, 0.2) is 0 Å². The van der Waals surface area contributed by atoms with Crippen molar-refractivity contribution in [2.24, 2.45) is 5.92 Å². The molecule has 1 aliphatic rings. The summed E-state index contributed by atoms with van der Waals surface area (Å²) < 4.78 is 0. The molecule has 1 amide bonds. The van der Waals surface area contributed by atoms with E-state index in [1.165, 1.54) is 4.80 Å². The SMILES string of the molecule is O=C(Cn1nnc(-c2ccc(Cl)cc2)n1)N1CCCC(CO)C1. The predicted octanol–water partition coefficient (Wildman–Crippen LogP) is 1.22. The third-order valence-corrected chi connectivity index (χ3v) is 4.21. The first-order valence-electron chi connectivity index (χ1n) is 7.58. The highest BCUT2D eigenvalue weighted by Gasteiger charge is 2.23. The van der Waals surface area contributed by atoms with Gasteiger partial charge < -0.3 is 10.0 Å². The molecule has 122 valence electrons. The molecule has 2 aromatic rings. The molecule has 7 nitrogen and oxygen atoms in total. The number of benzene rings is 1. The average Bonchev–Trinajstić information content (AvgIpc) is 3.04. The summed E-state index contributed by atoms with van der Waals surface area (Å²) in [5.41, 5.74) is 0.798. The maximum Gasteiger partial charge on any atom is 0.246 e. The number of amides is 1. The molecular weight excluding hydrogens is 318 g/mol. The standard InChI is InChI=1S/C15H18ClN5O2/c16-13-5-3-12(4-6-13)15-17-19-21(18-15)9-14(23)20-7-1-2-11(8-20)10-22/h3-6,11,22H,1-2,7-10H2. The lowest BCUT2D eigenvalue weighted by atomic mass is 9.99. The van der Waals surface area contributed by atoms with Crippen LogP contribution in [-0.4, -0.2) is 55.8 Å². The maximum absolute atomic E-state index is 12.3. The molecule has 0 bridgehead atoms. The fourth-order valence-electron chi connectivity index (χ4n) is 2.69. The predicted molar refractivity (Wildman–Crippen MR) is 84.7 cm³/mol. The Morgan fingerprint density at radius 1 is 1.35 bits per heavy atom. The highest BCUT2D eigenvalue weighted by atomic mass is 35.5. The molecule has 1 aromatic carbocycles. The van der Waals surface area contributed by atoms with Crippen molar-refractivity contribution in [2.45, 2.75) is 19.4 Å². The molecule has 1 aromatic heterocycles. The molecule has 1 fully saturated rings. The first-order valence-corrected chi connectivity index (χ1v) is 7.96. The van der Waals surface area contributed by atoms with Gasteiger partial charge in [-0.25, -0.2) is 0 Å². The summed E-state index contributed by atoms with van der Waals surface area (Å²) in [6, 6.07) is 7.13. The van der Waals surface area contributed by atoms with Crippen LogP contribution in [0.25, 0.3) is 11.4 Å². The number of aromatic nitrogens is 4. The van der Waals surface area contributed by atoms with Crippen molar-refractivity contribution in [1.29, 1.82) is 0 Å². The van der Waals surface area contributed by atoms with E-state index in [0.717, 1.165) is 18.4 Å². The molecule has 1 aliphatic heterocycles. The van der Waals surface area contributed by atoms with Crippen molar-refractivity contribution >= 4 is 17.5 Å². The van der Waals surface area contributed by atoms with Crippen LogP contribution in [0.15, 0.2) is 24.3 Å². The van der Waals surface area contributed by atoms with Crippen molar-refractivity contribution in [1.82, 2.24) is 25.1 Å². The van der Waals surface area contributed by atoms with Gasteiger partial charge in [0, 0.05) is 30.3 Å². The number of aliphatic hydroxyl groups is 1. The zero-order valence-electron chi connectivity index (χ0n) is 12.6. The number of carbonyl (C=O) groups is 1. The minimum atomic E-state index is -0.0526. The summed E-state index contributed by atoms with van der Waals surface area (Å²) in [6.07, 6.45) is 1.88. The Bertz CT molecular complexity index is 673. The first-order chi connectivity index (χ1) is 11.2. The van der Waals surface area contributed by atoms with Gasteiger partial charge in [-0.1, -0.05) is 11.6 Å². The number of halogens is 1. The summed E-state index contributed by atoms with van der Waals surface area (Å²) >= 11 is 5.85. The molecule has 0 saturated carbocycles. The van der Waals surface area contributed by atoms with E-state index in [1.807, 2.05) is 12.1 Å². The van der Waals surface area contributed by atoms with Crippen LogP contribution in [0.4, 0.5) is 0 Å². The van der Waals surface area contributed by atoms with E-state index in [4.69, 9.17) is 11.6 Å². The molecule has 2 heterocycles. The number of piperidine rings is 1.